The summed E-state index contributed by atoms with van der Waals surface area (Å²) in [5, 5.41) is 12.4. The molecule has 0 radical (unpaired) electrons. The number of halogens is 3. The SMILES string of the molecule is CC[C@H]1CC[C@](NC(=O)c2ccc(C=O)c(-c3cccc(C(F)(F)F)c3)c2)(C(=O)O)CC1. The van der Waals surface area contributed by atoms with Gasteiger partial charge < -0.3 is 10.4 Å². The Bertz CT molecular complexity index is 1020. The number of carbonyl (C=O) groups excluding carboxylic acids is 2. The minimum atomic E-state index is -4.56. The van der Waals surface area contributed by atoms with Crippen LogP contribution in [-0.2, 0) is 11.0 Å². The van der Waals surface area contributed by atoms with Gasteiger partial charge >= 0.3 is 12.1 Å². The van der Waals surface area contributed by atoms with Crippen molar-refractivity contribution in [1.29, 1.82) is 0 Å². The van der Waals surface area contributed by atoms with Crippen LogP contribution in [0.3, 0.4) is 0 Å². The maximum Gasteiger partial charge on any atom is 0.416 e. The van der Waals surface area contributed by atoms with Gasteiger partial charge in [0.25, 0.3) is 5.91 Å². The summed E-state index contributed by atoms with van der Waals surface area (Å²) in [4.78, 5) is 36.4. The summed E-state index contributed by atoms with van der Waals surface area (Å²) in [6, 6.07) is 8.51. The number of hydrogen-bond donors (Lipinski definition) is 2. The molecule has 1 saturated carbocycles. The number of alkyl halides is 3. The van der Waals surface area contributed by atoms with Gasteiger partial charge in [0.2, 0.25) is 0 Å². The minimum Gasteiger partial charge on any atom is -0.480 e. The van der Waals surface area contributed by atoms with Crippen molar-refractivity contribution in [2.24, 2.45) is 5.92 Å². The quantitative estimate of drug-likeness (QED) is 0.586. The third-order valence-corrected chi connectivity index (χ3v) is 6.24. The monoisotopic (exact) mass is 447 g/mol. The highest BCUT2D eigenvalue weighted by molar-refractivity contribution is 6.00. The lowest BCUT2D eigenvalue weighted by Crippen LogP contribution is -2.56. The lowest BCUT2D eigenvalue weighted by atomic mass is 9.75. The molecule has 0 bridgehead atoms. The Morgan fingerprint density at radius 2 is 1.84 bits per heavy atom. The molecule has 1 fully saturated rings. The molecule has 1 aliphatic carbocycles. The van der Waals surface area contributed by atoms with E-state index in [1.807, 2.05) is 6.92 Å². The summed E-state index contributed by atoms with van der Waals surface area (Å²) >= 11 is 0. The van der Waals surface area contributed by atoms with Gasteiger partial charge in [-0.05, 0) is 67.0 Å². The number of benzene rings is 2. The van der Waals surface area contributed by atoms with E-state index < -0.39 is 29.2 Å². The van der Waals surface area contributed by atoms with E-state index in [0.717, 1.165) is 18.6 Å². The van der Waals surface area contributed by atoms with E-state index >= 15 is 0 Å². The topological polar surface area (TPSA) is 83.5 Å². The predicted molar refractivity (Wildman–Crippen MR) is 112 cm³/mol. The van der Waals surface area contributed by atoms with Gasteiger partial charge in [0, 0.05) is 11.1 Å². The molecule has 0 heterocycles. The fourth-order valence-electron chi connectivity index (χ4n) is 4.17. The van der Waals surface area contributed by atoms with Crippen LogP contribution in [0.15, 0.2) is 42.5 Å². The number of aldehydes is 1. The van der Waals surface area contributed by atoms with Gasteiger partial charge in [0.05, 0.1) is 5.56 Å². The van der Waals surface area contributed by atoms with Crippen molar-refractivity contribution in [2.45, 2.75) is 50.7 Å². The van der Waals surface area contributed by atoms with Gasteiger partial charge in [-0.2, -0.15) is 13.2 Å². The van der Waals surface area contributed by atoms with E-state index in [1.165, 1.54) is 30.3 Å². The van der Waals surface area contributed by atoms with E-state index in [4.69, 9.17) is 0 Å². The highest BCUT2D eigenvalue weighted by Crippen LogP contribution is 2.35. The average molecular weight is 447 g/mol. The van der Waals surface area contributed by atoms with E-state index in [9.17, 15) is 32.7 Å². The summed E-state index contributed by atoms with van der Waals surface area (Å²) < 4.78 is 39.3. The molecule has 32 heavy (non-hydrogen) atoms. The maximum atomic E-state index is 13.1. The smallest absolute Gasteiger partial charge is 0.416 e. The zero-order valence-electron chi connectivity index (χ0n) is 17.5. The number of carboxylic acids is 1. The number of aliphatic carboxylic acids is 1. The molecule has 0 atom stereocenters. The lowest BCUT2D eigenvalue weighted by molar-refractivity contribution is -0.146. The zero-order valence-corrected chi connectivity index (χ0v) is 17.5. The Hall–Kier alpha value is -3.16. The standard InChI is InChI=1S/C24H24F3NO4/c1-2-15-8-10-23(11-9-15,22(31)32)28-21(30)17-6-7-18(14-29)20(13-17)16-4-3-5-19(12-16)24(25,26)27/h3-7,12-15H,2,8-11H2,1H3,(H,28,30)(H,31,32)/t15-,23+. The first-order valence-electron chi connectivity index (χ1n) is 10.4. The second-order valence-electron chi connectivity index (χ2n) is 8.19. The molecule has 0 aliphatic heterocycles. The Labute approximate surface area is 183 Å². The number of hydrogen-bond acceptors (Lipinski definition) is 3. The van der Waals surface area contributed by atoms with Crippen LogP contribution in [0.5, 0.6) is 0 Å². The summed E-state index contributed by atoms with van der Waals surface area (Å²) in [6.07, 6.45) is -1.14. The van der Waals surface area contributed by atoms with E-state index in [2.05, 4.69) is 5.32 Å². The van der Waals surface area contributed by atoms with Gasteiger partial charge in [0.1, 0.15) is 5.54 Å². The van der Waals surface area contributed by atoms with Crippen LogP contribution in [0.2, 0.25) is 0 Å². The molecule has 170 valence electrons. The van der Waals surface area contributed by atoms with Crippen molar-refractivity contribution in [3.63, 3.8) is 0 Å². The third kappa shape index (κ3) is 4.84. The number of rotatable bonds is 6. The molecule has 3 rings (SSSR count). The Morgan fingerprint density at radius 3 is 2.41 bits per heavy atom. The molecule has 0 saturated heterocycles. The lowest BCUT2D eigenvalue weighted by Gasteiger charge is -2.37. The predicted octanol–water partition coefficient (Wildman–Crippen LogP) is 5.34. The molecule has 2 aromatic carbocycles. The van der Waals surface area contributed by atoms with E-state index in [1.54, 1.807) is 0 Å². The summed E-state index contributed by atoms with van der Waals surface area (Å²) in [6.45, 7) is 2.04. The first kappa shape index (κ1) is 23.5. The fraction of sp³-hybridized carbons (Fsp3) is 0.375. The number of amides is 1. The van der Waals surface area contributed by atoms with Gasteiger partial charge in [-0.15, -0.1) is 0 Å². The number of nitrogens with one attached hydrogen (secondary N) is 1. The summed E-state index contributed by atoms with van der Waals surface area (Å²) in [5.41, 5.74) is -1.77. The van der Waals surface area contributed by atoms with Crippen LogP contribution in [0, 0.1) is 5.92 Å². The zero-order chi connectivity index (χ0) is 23.5. The van der Waals surface area contributed by atoms with Crippen molar-refractivity contribution in [3.05, 3.63) is 59.2 Å². The average Bonchev–Trinajstić information content (AvgIpc) is 2.78. The fourth-order valence-corrected chi connectivity index (χ4v) is 4.17. The normalized spacial score (nSPS) is 21.1. The van der Waals surface area contributed by atoms with Crippen molar-refractivity contribution in [1.82, 2.24) is 5.32 Å². The van der Waals surface area contributed by atoms with Crippen LogP contribution < -0.4 is 5.32 Å². The van der Waals surface area contributed by atoms with E-state index in [-0.39, 0.29) is 22.3 Å². The van der Waals surface area contributed by atoms with Crippen molar-refractivity contribution in [3.8, 4) is 11.1 Å². The molecule has 1 amide bonds. The van der Waals surface area contributed by atoms with Crippen LogP contribution in [-0.4, -0.2) is 28.8 Å². The van der Waals surface area contributed by atoms with Crippen molar-refractivity contribution < 1.29 is 32.7 Å². The highest BCUT2D eigenvalue weighted by Gasteiger charge is 2.43. The Kier molecular flexibility index (Phi) is 6.71. The minimum absolute atomic E-state index is 0.0706. The Morgan fingerprint density at radius 1 is 1.16 bits per heavy atom. The maximum absolute atomic E-state index is 13.1. The molecule has 0 unspecified atom stereocenters. The molecular weight excluding hydrogens is 423 g/mol. The largest absolute Gasteiger partial charge is 0.480 e. The van der Waals surface area contributed by atoms with E-state index in [0.29, 0.717) is 37.9 Å². The van der Waals surface area contributed by atoms with Crippen LogP contribution in [0.4, 0.5) is 13.2 Å². The first-order valence-corrected chi connectivity index (χ1v) is 10.4. The summed E-state index contributed by atoms with van der Waals surface area (Å²) in [7, 11) is 0. The van der Waals surface area contributed by atoms with Gasteiger partial charge in [-0.1, -0.05) is 31.5 Å². The van der Waals surface area contributed by atoms with Gasteiger partial charge in [0.15, 0.2) is 6.29 Å². The molecule has 1 aliphatic rings. The van der Waals surface area contributed by atoms with Crippen LogP contribution in [0.1, 0.15) is 65.3 Å². The molecule has 0 aromatic heterocycles. The first-order chi connectivity index (χ1) is 15.1. The van der Waals surface area contributed by atoms with Gasteiger partial charge in [-0.3, -0.25) is 9.59 Å². The van der Waals surface area contributed by atoms with Crippen molar-refractivity contribution >= 4 is 18.2 Å². The summed E-state index contributed by atoms with van der Waals surface area (Å²) in [5.74, 6) is -1.34. The highest BCUT2D eigenvalue weighted by atomic mass is 19.4. The molecule has 2 N–H and O–H groups in total. The Balaban J connectivity index is 1.93. The molecule has 8 heteroatoms. The number of carbonyl (C=O) groups is 3. The van der Waals surface area contributed by atoms with Gasteiger partial charge in [-0.25, -0.2) is 4.79 Å². The molecular formula is C24H24F3NO4. The molecule has 2 aromatic rings. The van der Waals surface area contributed by atoms with Crippen LogP contribution >= 0.6 is 0 Å². The van der Waals surface area contributed by atoms with Crippen molar-refractivity contribution in [2.75, 3.05) is 0 Å². The number of carboxylic acid groups (broad SMARTS) is 1. The second-order valence-corrected chi connectivity index (χ2v) is 8.19. The van der Waals surface area contributed by atoms with Crippen LogP contribution in [0.25, 0.3) is 11.1 Å². The molecule has 0 spiro atoms. The molecule has 5 nitrogen and oxygen atoms in total. The third-order valence-electron chi connectivity index (χ3n) is 6.24. The second kappa shape index (κ2) is 9.14.